The summed E-state index contributed by atoms with van der Waals surface area (Å²) in [6.45, 7) is -0.391. The van der Waals surface area contributed by atoms with Gasteiger partial charge in [0.05, 0.1) is 12.5 Å². The molecule has 2 fully saturated rings. The first-order chi connectivity index (χ1) is 7.09. The van der Waals surface area contributed by atoms with Crippen LogP contribution in [0, 0.1) is 17.8 Å². The normalized spacial score (nSPS) is 38.9. The first-order valence-corrected chi connectivity index (χ1v) is 5.34. The summed E-state index contributed by atoms with van der Waals surface area (Å²) >= 11 is 0. The van der Waals surface area contributed by atoms with Crippen molar-refractivity contribution >= 4 is 5.97 Å². The predicted octanol–water partition coefficient (Wildman–Crippen LogP) is 1.34. The van der Waals surface area contributed by atoms with Crippen molar-refractivity contribution in [3.05, 3.63) is 0 Å². The van der Waals surface area contributed by atoms with E-state index in [0.717, 1.165) is 19.3 Å². The highest BCUT2D eigenvalue weighted by Crippen LogP contribution is 2.48. The van der Waals surface area contributed by atoms with Crippen LogP contribution in [0.25, 0.3) is 0 Å². The van der Waals surface area contributed by atoms with Crippen molar-refractivity contribution in [3.8, 4) is 0 Å². The average Bonchev–Trinajstić information content (AvgIpc) is 2.72. The molecule has 0 aromatic carbocycles. The van der Waals surface area contributed by atoms with Gasteiger partial charge in [0.15, 0.2) is 0 Å². The summed E-state index contributed by atoms with van der Waals surface area (Å²) in [7, 11) is 0. The van der Waals surface area contributed by atoms with Crippen molar-refractivity contribution in [1.82, 2.24) is 5.32 Å². The molecule has 4 atom stereocenters. The number of rotatable bonds is 4. The zero-order valence-electron chi connectivity index (χ0n) is 8.33. The lowest BCUT2D eigenvalue weighted by molar-refractivity contribution is -0.144. The third-order valence-electron chi connectivity index (χ3n) is 3.71. The summed E-state index contributed by atoms with van der Waals surface area (Å²) in [5.41, 5.74) is 0. The van der Waals surface area contributed by atoms with E-state index in [9.17, 15) is 13.6 Å². The van der Waals surface area contributed by atoms with Crippen LogP contribution in [-0.4, -0.2) is 30.1 Å². The molecule has 5 heteroatoms. The van der Waals surface area contributed by atoms with E-state index in [-0.39, 0.29) is 17.9 Å². The van der Waals surface area contributed by atoms with Crippen LogP contribution in [0.1, 0.15) is 19.3 Å². The van der Waals surface area contributed by atoms with Crippen molar-refractivity contribution in [2.24, 2.45) is 17.8 Å². The Bertz CT molecular complexity index is 260. The molecule has 2 rings (SSSR count). The molecule has 15 heavy (non-hydrogen) atoms. The SMILES string of the molecule is O=C(O)C1C2CCC(C2)C1NCC(F)F. The summed E-state index contributed by atoms with van der Waals surface area (Å²) in [6, 6.07) is -0.241. The van der Waals surface area contributed by atoms with Crippen molar-refractivity contribution in [3.63, 3.8) is 0 Å². The summed E-state index contributed by atoms with van der Waals surface area (Å²) < 4.78 is 24.1. The predicted molar refractivity (Wildman–Crippen MR) is 49.8 cm³/mol. The van der Waals surface area contributed by atoms with Crippen LogP contribution in [-0.2, 0) is 4.79 Å². The maximum absolute atomic E-state index is 12.0. The lowest BCUT2D eigenvalue weighted by Crippen LogP contribution is -2.45. The second-order valence-electron chi connectivity index (χ2n) is 4.52. The van der Waals surface area contributed by atoms with Crippen molar-refractivity contribution in [2.75, 3.05) is 6.54 Å². The van der Waals surface area contributed by atoms with Gasteiger partial charge in [-0.2, -0.15) is 0 Å². The van der Waals surface area contributed by atoms with E-state index in [1.54, 1.807) is 0 Å². The zero-order valence-corrected chi connectivity index (χ0v) is 8.33. The smallest absolute Gasteiger partial charge is 0.308 e. The maximum Gasteiger partial charge on any atom is 0.308 e. The maximum atomic E-state index is 12.0. The number of fused-ring (bicyclic) bond motifs is 2. The number of alkyl halides is 2. The van der Waals surface area contributed by atoms with Gasteiger partial charge in [0.25, 0.3) is 6.43 Å². The van der Waals surface area contributed by atoms with Crippen LogP contribution in [0.4, 0.5) is 8.78 Å². The highest BCUT2D eigenvalue weighted by molar-refractivity contribution is 5.72. The molecule has 2 aliphatic carbocycles. The molecule has 86 valence electrons. The molecular formula is C10H15F2NO2. The number of nitrogens with one attached hydrogen (secondary N) is 1. The number of carboxylic acid groups (broad SMARTS) is 1. The minimum Gasteiger partial charge on any atom is -0.481 e. The lowest BCUT2D eigenvalue weighted by Gasteiger charge is -2.28. The molecular weight excluding hydrogens is 204 g/mol. The molecule has 2 N–H and O–H groups in total. The Hall–Kier alpha value is -0.710. The van der Waals surface area contributed by atoms with E-state index >= 15 is 0 Å². The molecule has 2 aliphatic rings. The number of carbonyl (C=O) groups is 1. The third kappa shape index (κ3) is 1.97. The van der Waals surface area contributed by atoms with Gasteiger partial charge in [-0.3, -0.25) is 4.79 Å². The Balaban J connectivity index is 1.99. The molecule has 0 amide bonds. The number of carboxylic acids is 1. The highest BCUT2D eigenvalue weighted by atomic mass is 19.3. The van der Waals surface area contributed by atoms with Crippen molar-refractivity contribution < 1.29 is 18.7 Å². The van der Waals surface area contributed by atoms with Gasteiger partial charge in [-0.1, -0.05) is 0 Å². The quantitative estimate of drug-likeness (QED) is 0.750. The van der Waals surface area contributed by atoms with Gasteiger partial charge in [-0.05, 0) is 31.1 Å². The van der Waals surface area contributed by atoms with E-state index in [1.165, 1.54) is 0 Å². The van der Waals surface area contributed by atoms with Gasteiger partial charge in [0.1, 0.15) is 0 Å². The molecule has 2 saturated carbocycles. The summed E-state index contributed by atoms with van der Waals surface area (Å²) in [4.78, 5) is 11.0. The average molecular weight is 219 g/mol. The Morgan fingerprint density at radius 3 is 2.67 bits per heavy atom. The topological polar surface area (TPSA) is 49.3 Å². The number of aliphatic carboxylic acids is 1. The lowest BCUT2D eigenvalue weighted by atomic mass is 9.84. The van der Waals surface area contributed by atoms with Gasteiger partial charge in [0.2, 0.25) is 0 Å². The zero-order chi connectivity index (χ0) is 11.0. The Labute approximate surface area is 86.8 Å². The highest BCUT2D eigenvalue weighted by Gasteiger charge is 2.50. The molecule has 4 unspecified atom stereocenters. The third-order valence-corrected chi connectivity index (χ3v) is 3.71. The Morgan fingerprint density at radius 1 is 1.40 bits per heavy atom. The Morgan fingerprint density at radius 2 is 2.07 bits per heavy atom. The van der Waals surface area contributed by atoms with Crippen LogP contribution >= 0.6 is 0 Å². The first kappa shape index (κ1) is 10.8. The molecule has 0 aliphatic heterocycles. The fourth-order valence-corrected chi connectivity index (χ4v) is 3.17. The molecule has 0 aromatic rings. The molecule has 0 radical (unpaired) electrons. The van der Waals surface area contributed by atoms with Crippen LogP contribution in [0.15, 0.2) is 0 Å². The van der Waals surface area contributed by atoms with Crippen LogP contribution in [0.2, 0.25) is 0 Å². The van der Waals surface area contributed by atoms with E-state index in [4.69, 9.17) is 5.11 Å². The van der Waals surface area contributed by atoms with Crippen LogP contribution in [0.3, 0.4) is 0 Å². The van der Waals surface area contributed by atoms with E-state index < -0.39 is 24.9 Å². The molecule has 0 heterocycles. The Kier molecular flexibility index (Phi) is 2.91. The van der Waals surface area contributed by atoms with Crippen molar-refractivity contribution in [2.45, 2.75) is 31.7 Å². The summed E-state index contributed by atoms with van der Waals surface area (Å²) in [5, 5.41) is 11.8. The minimum atomic E-state index is -2.40. The fraction of sp³-hybridized carbons (Fsp3) is 0.900. The summed E-state index contributed by atoms with van der Waals surface area (Å²) in [5.74, 6) is -0.811. The van der Waals surface area contributed by atoms with E-state index in [1.807, 2.05) is 0 Å². The molecule has 2 bridgehead atoms. The number of halogens is 2. The molecule has 0 aromatic heterocycles. The van der Waals surface area contributed by atoms with Crippen molar-refractivity contribution in [1.29, 1.82) is 0 Å². The second kappa shape index (κ2) is 4.04. The fourth-order valence-electron chi connectivity index (χ4n) is 3.17. The van der Waals surface area contributed by atoms with Gasteiger partial charge < -0.3 is 10.4 Å². The van der Waals surface area contributed by atoms with E-state index in [2.05, 4.69) is 5.32 Å². The first-order valence-electron chi connectivity index (χ1n) is 5.34. The summed E-state index contributed by atoms with van der Waals surface area (Å²) in [6.07, 6.45) is 0.403. The standard InChI is InChI=1S/C10H15F2NO2/c11-7(12)4-13-9-6-2-1-5(3-6)8(9)10(14)15/h5-9,13H,1-4H2,(H,14,15). The molecule has 3 nitrogen and oxygen atoms in total. The van der Waals surface area contributed by atoms with Crippen LogP contribution < -0.4 is 5.32 Å². The van der Waals surface area contributed by atoms with Gasteiger partial charge in [0, 0.05) is 6.04 Å². The van der Waals surface area contributed by atoms with Gasteiger partial charge in [-0.15, -0.1) is 0 Å². The van der Waals surface area contributed by atoms with Gasteiger partial charge in [-0.25, -0.2) is 8.78 Å². The largest absolute Gasteiger partial charge is 0.481 e. The van der Waals surface area contributed by atoms with Gasteiger partial charge >= 0.3 is 5.97 Å². The monoisotopic (exact) mass is 219 g/mol. The molecule has 0 saturated heterocycles. The number of hydrogen-bond acceptors (Lipinski definition) is 2. The number of hydrogen-bond donors (Lipinski definition) is 2. The minimum absolute atomic E-state index is 0.197. The molecule has 0 spiro atoms. The van der Waals surface area contributed by atoms with E-state index in [0.29, 0.717) is 0 Å². The van der Waals surface area contributed by atoms with Crippen LogP contribution in [0.5, 0.6) is 0 Å². The second-order valence-corrected chi connectivity index (χ2v) is 4.52.